The molecule has 1 fully saturated rings. The van der Waals surface area contributed by atoms with Gasteiger partial charge in [-0.3, -0.25) is 4.68 Å². The Balaban J connectivity index is 1.42. The van der Waals surface area contributed by atoms with Crippen LogP contribution in [0.15, 0.2) is 48.8 Å². The van der Waals surface area contributed by atoms with Crippen molar-refractivity contribution in [2.45, 2.75) is 26.5 Å². The molecule has 3 aromatic heterocycles. The maximum absolute atomic E-state index is 6.04. The van der Waals surface area contributed by atoms with Crippen LogP contribution in [0.5, 0.6) is 0 Å². The SMILES string of the molecule is Cc1cc(C)n(CC2CN(c3ncnc4sc(-c5ccccc5)cc34)CCO2)n1. The lowest BCUT2D eigenvalue weighted by atomic mass is 10.2. The summed E-state index contributed by atoms with van der Waals surface area (Å²) in [6.45, 7) is 7.17. The molecule has 1 aromatic carbocycles. The largest absolute Gasteiger partial charge is 0.373 e. The van der Waals surface area contributed by atoms with Crippen LogP contribution >= 0.6 is 11.3 Å². The smallest absolute Gasteiger partial charge is 0.140 e. The van der Waals surface area contributed by atoms with E-state index in [2.05, 4.69) is 63.3 Å². The molecule has 1 saturated heterocycles. The third-order valence-corrected chi connectivity index (χ3v) is 6.38. The van der Waals surface area contributed by atoms with Crippen molar-refractivity contribution in [3.05, 3.63) is 60.2 Å². The van der Waals surface area contributed by atoms with Gasteiger partial charge in [0.2, 0.25) is 0 Å². The number of aromatic nitrogens is 4. The van der Waals surface area contributed by atoms with Gasteiger partial charge in [-0.15, -0.1) is 11.3 Å². The summed E-state index contributed by atoms with van der Waals surface area (Å²) in [5.41, 5.74) is 3.42. The van der Waals surface area contributed by atoms with Gasteiger partial charge in [-0.1, -0.05) is 30.3 Å². The summed E-state index contributed by atoms with van der Waals surface area (Å²) < 4.78 is 8.08. The van der Waals surface area contributed by atoms with Crippen molar-refractivity contribution >= 4 is 27.4 Å². The van der Waals surface area contributed by atoms with E-state index in [0.717, 1.165) is 47.1 Å². The van der Waals surface area contributed by atoms with Gasteiger partial charge in [0, 0.05) is 23.7 Å². The number of aryl methyl sites for hydroxylation is 2. The molecule has 0 N–H and O–H groups in total. The number of benzene rings is 1. The van der Waals surface area contributed by atoms with Gasteiger partial charge >= 0.3 is 0 Å². The zero-order chi connectivity index (χ0) is 19.8. The van der Waals surface area contributed by atoms with E-state index in [9.17, 15) is 0 Å². The van der Waals surface area contributed by atoms with Crippen molar-refractivity contribution in [1.82, 2.24) is 19.7 Å². The highest BCUT2D eigenvalue weighted by Gasteiger charge is 2.25. The molecule has 1 aliphatic rings. The van der Waals surface area contributed by atoms with Crippen molar-refractivity contribution in [3.63, 3.8) is 0 Å². The fraction of sp³-hybridized carbons (Fsp3) is 0.318. The summed E-state index contributed by atoms with van der Waals surface area (Å²) in [7, 11) is 0. The zero-order valence-corrected chi connectivity index (χ0v) is 17.4. The Morgan fingerprint density at radius 1 is 1.14 bits per heavy atom. The summed E-state index contributed by atoms with van der Waals surface area (Å²) >= 11 is 1.71. The Morgan fingerprint density at radius 2 is 2.00 bits per heavy atom. The highest BCUT2D eigenvalue weighted by molar-refractivity contribution is 7.21. The van der Waals surface area contributed by atoms with Gasteiger partial charge in [0.1, 0.15) is 17.0 Å². The van der Waals surface area contributed by atoms with Crippen LogP contribution in [-0.4, -0.2) is 45.5 Å². The molecule has 1 atom stereocenters. The first-order chi connectivity index (χ1) is 14.2. The minimum absolute atomic E-state index is 0.0824. The Morgan fingerprint density at radius 3 is 2.79 bits per heavy atom. The number of hydrogen-bond acceptors (Lipinski definition) is 6. The first kappa shape index (κ1) is 18.3. The highest BCUT2D eigenvalue weighted by Crippen LogP contribution is 2.36. The summed E-state index contributed by atoms with van der Waals surface area (Å²) in [5, 5.41) is 5.70. The number of nitrogens with zero attached hydrogens (tertiary/aromatic N) is 5. The quantitative estimate of drug-likeness (QED) is 0.512. The molecule has 29 heavy (non-hydrogen) atoms. The third kappa shape index (κ3) is 3.63. The third-order valence-electron chi connectivity index (χ3n) is 5.28. The average molecular weight is 406 g/mol. The first-order valence-electron chi connectivity index (χ1n) is 9.85. The summed E-state index contributed by atoms with van der Waals surface area (Å²) in [6.07, 6.45) is 1.76. The maximum Gasteiger partial charge on any atom is 0.140 e. The monoisotopic (exact) mass is 405 g/mol. The minimum atomic E-state index is 0.0824. The Kier molecular flexibility index (Phi) is 4.77. The number of morpholine rings is 1. The van der Waals surface area contributed by atoms with Gasteiger partial charge in [-0.25, -0.2) is 9.97 Å². The molecule has 4 aromatic rings. The average Bonchev–Trinajstić information content (AvgIpc) is 3.31. The molecule has 1 unspecified atom stereocenters. The van der Waals surface area contributed by atoms with E-state index in [-0.39, 0.29) is 6.10 Å². The Labute approximate surface area is 173 Å². The van der Waals surface area contributed by atoms with Gasteiger partial charge in [0.05, 0.1) is 30.3 Å². The van der Waals surface area contributed by atoms with E-state index >= 15 is 0 Å². The van der Waals surface area contributed by atoms with Crippen LogP contribution in [0, 0.1) is 13.8 Å². The van der Waals surface area contributed by atoms with Crippen LogP contribution in [-0.2, 0) is 11.3 Å². The summed E-state index contributed by atoms with van der Waals surface area (Å²) in [4.78, 5) is 13.7. The van der Waals surface area contributed by atoms with E-state index < -0.39 is 0 Å². The van der Waals surface area contributed by atoms with Gasteiger partial charge in [-0.05, 0) is 31.5 Å². The lowest BCUT2D eigenvalue weighted by molar-refractivity contribution is 0.0268. The van der Waals surface area contributed by atoms with E-state index in [1.165, 1.54) is 10.4 Å². The maximum atomic E-state index is 6.04. The molecule has 1 aliphatic heterocycles. The molecule has 0 bridgehead atoms. The van der Waals surface area contributed by atoms with Crippen molar-refractivity contribution in [3.8, 4) is 10.4 Å². The second-order valence-electron chi connectivity index (χ2n) is 7.44. The second-order valence-corrected chi connectivity index (χ2v) is 8.47. The van der Waals surface area contributed by atoms with Crippen LogP contribution < -0.4 is 4.90 Å². The molecule has 7 heteroatoms. The topological polar surface area (TPSA) is 56.1 Å². The Hall–Kier alpha value is -2.77. The van der Waals surface area contributed by atoms with E-state index in [0.29, 0.717) is 6.61 Å². The second kappa shape index (κ2) is 7.57. The fourth-order valence-corrected chi connectivity index (χ4v) is 4.91. The van der Waals surface area contributed by atoms with E-state index in [1.807, 2.05) is 17.7 Å². The minimum Gasteiger partial charge on any atom is -0.373 e. The van der Waals surface area contributed by atoms with Crippen molar-refractivity contribution in [2.24, 2.45) is 0 Å². The predicted molar refractivity (Wildman–Crippen MR) is 117 cm³/mol. The molecule has 4 heterocycles. The molecule has 0 spiro atoms. The lowest BCUT2D eigenvalue weighted by Crippen LogP contribution is -2.45. The molecule has 6 nitrogen and oxygen atoms in total. The van der Waals surface area contributed by atoms with Crippen molar-refractivity contribution in [1.29, 1.82) is 0 Å². The zero-order valence-electron chi connectivity index (χ0n) is 16.6. The summed E-state index contributed by atoms with van der Waals surface area (Å²) in [6, 6.07) is 14.8. The number of hydrogen-bond donors (Lipinski definition) is 0. The van der Waals surface area contributed by atoms with E-state index in [1.54, 1.807) is 17.7 Å². The molecule has 0 saturated carbocycles. The Bertz CT molecular complexity index is 1140. The lowest BCUT2D eigenvalue weighted by Gasteiger charge is -2.34. The molecule has 5 rings (SSSR count). The van der Waals surface area contributed by atoms with Gasteiger partial charge in [0.15, 0.2) is 0 Å². The van der Waals surface area contributed by atoms with Gasteiger partial charge < -0.3 is 9.64 Å². The van der Waals surface area contributed by atoms with Crippen molar-refractivity contribution in [2.75, 3.05) is 24.6 Å². The highest BCUT2D eigenvalue weighted by atomic mass is 32.1. The standard InChI is InChI=1S/C22H23N5OS/c1-15-10-16(2)27(25-15)13-18-12-26(8-9-28-18)21-19-11-20(17-6-4-3-5-7-17)29-22(19)24-14-23-21/h3-7,10-11,14,18H,8-9,12-13H2,1-2H3. The van der Waals surface area contributed by atoms with Crippen LogP contribution in [0.1, 0.15) is 11.4 Å². The van der Waals surface area contributed by atoms with Crippen LogP contribution in [0.4, 0.5) is 5.82 Å². The van der Waals surface area contributed by atoms with Gasteiger partial charge in [-0.2, -0.15) is 5.10 Å². The molecule has 0 radical (unpaired) electrons. The summed E-state index contributed by atoms with van der Waals surface area (Å²) in [5.74, 6) is 0.995. The molecular formula is C22H23N5OS. The van der Waals surface area contributed by atoms with E-state index in [4.69, 9.17) is 4.74 Å². The van der Waals surface area contributed by atoms with Gasteiger partial charge in [0.25, 0.3) is 0 Å². The number of ether oxygens (including phenoxy) is 1. The normalized spacial score (nSPS) is 17.2. The van der Waals surface area contributed by atoms with Crippen LogP contribution in [0.3, 0.4) is 0 Å². The molecule has 0 aliphatic carbocycles. The molecular weight excluding hydrogens is 382 g/mol. The predicted octanol–water partition coefficient (Wildman–Crippen LogP) is 4.08. The van der Waals surface area contributed by atoms with Crippen LogP contribution in [0.2, 0.25) is 0 Å². The number of fused-ring (bicyclic) bond motifs is 1. The fourth-order valence-electron chi connectivity index (χ4n) is 3.91. The number of rotatable bonds is 4. The van der Waals surface area contributed by atoms with Crippen molar-refractivity contribution < 1.29 is 4.74 Å². The number of thiophene rings is 1. The van der Waals surface area contributed by atoms with Crippen LogP contribution in [0.25, 0.3) is 20.7 Å². The molecule has 0 amide bonds. The first-order valence-corrected chi connectivity index (χ1v) is 10.7. The molecule has 148 valence electrons. The number of anilines is 1.